The minimum Gasteiger partial charge on any atom is -0.494 e. The van der Waals surface area contributed by atoms with Crippen LogP contribution in [0.2, 0.25) is 0 Å². The lowest BCUT2D eigenvalue weighted by atomic mass is 9.92. The number of nitro groups is 1. The first-order valence-corrected chi connectivity index (χ1v) is 7.44. The van der Waals surface area contributed by atoms with Gasteiger partial charge >= 0.3 is 0 Å². The van der Waals surface area contributed by atoms with Gasteiger partial charge in [0.15, 0.2) is 0 Å². The number of nitrogens with zero attached hydrogens (tertiary/aromatic N) is 2. The van der Waals surface area contributed by atoms with Gasteiger partial charge in [-0.2, -0.15) is 0 Å². The fourth-order valence-corrected chi connectivity index (χ4v) is 2.90. The Morgan fingerprint density at radius 1 is 1.48 bits per heavy atom. The second-order valence-corrected chi connectivity index (χ2v) is 5.59. The van der Waals surface area contributed by atoms with Crippen molar-refractivity contribution in [1.82, 2.24) is 0 Å². The lowest BCUT2D eigenvalue weighted by molar-refractivity contribution is -0.384. The van der Waals surface area contributed by atoms with E-state index in [-0.39, 0.29) is 16.7 Å². The molecule has 0 aliphatic carbocycles. The van der Waals surface area contributed by atoms with Crippen molar-refractivity contribution in [1.29, 1.82) is 0 Å². The van der Waals surface area contributed by atoms with Gasteiger partial charge in [0.2, 0.25) is 0 Å². The summed E-state index contributed by atoms with van der Waals surface area (Å²) in [6, 6.07) is 5.18. The summed E-state index contributed by atoms with van der Waals surface area (Å²) in [7, 11) is 0. The van der Waals surface area contributed by atoms with E-state index in [4.69, 9.17) is 10.5 Å². The SMILES string of the molecule is CCOc1cc(N2CCC(C)CC2CN)cc([N+](=O)[O-])c1. The van der Waals surface area contributed by atoms with E-state index in [0.29, 0.717) is 24.8 Å². The van der Waals surface area contributed by atoms with E-state index in [2.05, 4.69) is 11.8 Å². The largest absolute Gasteiger partial charge is 0.494 e. The minimum atomic E-state index is -0.379. The molecule has 6 heteroatoms. The highest BCUT2D eigenvalue weighted by Gasteiger charge is 2.27. The van der Waals surface area contributed by atoms with Gasteiger partial charge in [0.1, 0.15) is 5.75 Å². The normalized spacial score (nSPS) is 22.1. The summed E-state index contributed by atoms with van der Waals surface area (Å²) in [6.45, 7) is 5.99. The predicted octanol–water partition coefficient (Wildman–Crippen LogP) is 2.56. The zero-order valence-corrected chi connectivity index (χ0v) is 12.6. The molecule has 0 amide bonds. The van der Waals surface area contributed by atoms with Crippen LogP contribution in [0.4, 0.5) is 11.4 Å². The third-order valence-corrected chi connectivity index (χ3v) is 3.98. The molecule has 1 aliphatic heterocycles. The van der Waals surface area contributed by atoms with Gasteiger partial charge in [0, 0.05) is 37.0 Å². The molecule has 2 rings (SSSR count). The molecule has 6 nitrogen and oxygen atoms in total. The Labute approximate surface area is 125 Å². The third kappa shape index (κ3) is 3.64. The molecule has 1 saturated heterocycles. The number of piperidine rings is 1. The van der Waals surface area contributed by atoms with Crippen LogP contribution in [-0.4, -0.2) is 30.7 Å². The number of benzene rings is 1. The lowest BCUT2D eigenvalue weighted by Crippen LogP contribution is -2.46. The summed E-state index contributed by atoms with van der Waals surface area (Å²) in [5.41, 5.74) is 6.77. The third-order valence-electron chi connectivity index (χ3n) is 3.98. The van der Waals surface area contributed by atoms with Crippen LogP contribution in [0.5, 0.6) is 5.75 Å². The number of non-ortho nitro benzene ring substituents is 1. The highest BCUT2D eigenvalue weighted by Crippen LogP contribution is 2.33. The fourth-order valence-electron chi connectivity index (χ4n) is 2.90. The Hall–Kier alpha value is -1.82. The van der Waals surface area contributed by atoms with Crippen LogP contribution < -0.4 is 15.4 Å². The molecule has 0 spiro atoms. The summed E-state index contributed by atoms with van der Waals surface area (Å²) in [5.74, 6) is 1.18. The molecule has 1 heterocycles. The second kappa shape index (κ2) is 6.76. The Bertz CT molecular complexity index is 507. The van der Waals surface area contributed by atoms with Crippen LogP contribution in [0.15, 0.2) is 18.2 Å². The molecule has 0 aromatic heterocycles. The number of nitrogens with two attached hydrogens (primary N) is 1. The Kier molecular flexibility index (Phi) is 5.01. The Morgan fingerprint density at radius 2 is 2.24 bits per heavy atom. The Balaban J connectivity index is 2.34. The van der Waals surface area contributed by atoms with Crippen molar-refractivity contribution in [3.63, 3.8) is 0 Å². The second-order valence-electron chi connectivity index (χ2n) is 5.59. The summed E-state index contributed by atoms with van der Waals surface area (Å²) in [4.78, 5) is 12.9. The van der Waals surface area contributed by atoms with E-state index >= 15 is 0 Å². The first kappa shape index (κ1) is 15.6. The molecule has 0 radical (unpaired) electrons. The van der Waals surface area contributed by atoms with Crippen molar-refractivity contribution in [3.05, 3.63) is 28.3 Å². The highest BCUT2D eigenvalue weighted by molar-refractivity contribution is 5.59. The number of nitro benzene ring substituents is 1. The van der Waals surface area contributed by atoms with Crippen molar-refractivity contribution in [2.24, 2.45) is 11.7 Å². The summed E-state index contributed by atoms with van der Waals surface area (Å²) in [5, 5.41) is 11.1. The van der Waals surface area contributed by atoms with Crippen LogP contribution in [0, 0.1) is 16.0 Å². The quantitative estimate of drug-likeness (QED) is 0.666. The molecule has 0 saturated carbocycles. The van der Waals surface area contributed by atoms with Crippen molar-refractivity contribution in [2.75, 3.05) is 24.6 Å². The van der Waals surface area contributed by atoms with Crippen LogP contribution in [-0.2, 0) is 0 Å². The average Bonchev–Trinajstić information content (AvgIpc) is 2.47. The van der Waals surface area contributed by atoms with Gasteiger partial charge < -0.3 is 15.4 Å². The summed E-state index contributed by atoms with van der Waals surface area (Å²) in [6.07, 6.45) is 2.09. The first-order chi connectivity index (χ1) is 10.0. The van der Waals surface area contributed by atoms with Crippen LogP contribution in [0.1, 0.15) is 26.7 Å². The fraction of sp³-hybridized carbons (Fsp3) is 0.600. The molecule has 0 bridgehead atoms. The smallest absolute Gasteiger partial charge is 0.275 e. The molecule has 21 heavy (non-hydrogen) atoms. The summed E-state index contributed by atoms with van der Waals surface area (Å²) < 4.78 is 5.46. The molecule has 2 N–H and O–H groups in total. The highest BCUT2D eigenvalue weighted by atomic mass is 16.6. The van der Waals surface area contributed by atoms with Gasteiger partial charge in [-0.3, -0.25) is 10.1 Å². The predicted molar refractivity (Wildman–Crippen MR) is 82.9 cm³/mol. The number of hydrogen-bond donors (Lipinski definition) is 1. The molecule has 1 fully saturated rings. The standard InChI is InChI=1S/C15H23N3O3/c1-3-21-15-8-12(7-13(9-15)18(19)20)17-5-4-11(2)6-14(17)10-16/h7-9,11,14H,3-6,10,16H2,1-2H3. The lowest BCUT2D eigenvalue weighted by Gasteiger charge is -2.39. The van der Waals surface area contributed by atoms with E-state index in [0.717, 1.165) is 25.1 Å². The van der Waals surface area contributed by atoms with E-state index in [1.54, 1.807) is 6.07 Å². The molecule has 1 aliphatic rings. The molecule has 116 valence electrons. The molecule has 2 unspecified atom stereocenters. The van der Waals surface area contributed by atoms with Gasteiger partial charge in [0.05, 0.1) is 17.6 Å². The van der Waals surface area contributed by atoms with Gasteiger partial charge in [-0.05, 0) is 25.7 Å². The molecule has 1 aromatic carbocycles. The van der Waals surface area contributed by atoms with Crippen LogP contribution in [0.3, 0.4) is 0 Å². The van der Waals surface area contributed by atoms with E-state index < -0.39 is 0 Å². The Morgan fingerprint density at radius 3 is 2.86 bits per heavy atom. The van der Waals surface area contributed by atoms with E-state index in [1.807, 2.05) is 13.0 Å². The first-order valence-electron chi connectivity index (χ1n) is 7.44. The topological polar surface area (TPSA) is 81.6 Å². The van der Waals surface area contributed by atoms with Gasteiger partial charge in [0.25, 0.3) is 5.69 Å². The average molecular weight is 293 g/mol. The van der Waals surface area contributed by atoms with E-state index in [9.17, 15) is 10.1 Å². The van der Waals surface area contributed by atoms with Crippen molar-refractivity contribution in [2.45, 2.75) is 32.7 Å². The van der Waals surface area contributed by atoms with Crippen LogP contribution in [0.25, 0.3) is 0 Å². The molecule has 2 atom stereocenters. The number of rotatable bonds is 5. The number of hydrogen-bond acceptors (Lipinski definition) is 5. The summed E-state index contributed by atoms with van der Waals surface area (Å²) >= 11 is 0. The van der Waals surface area contributed by atoms with Crippen molar-refractivity contribution >= 4 is 11.4 Å². The maximum atomic E-state index is 11.1. The molecular formula is C15H23N3O3. The zero-order valence-electron chi connectivity index (χ0n) is 12.6. The maximum Gasteiger partial charge on any atom is 0.275 e. The molecular weight excluding hydrogens is 270 g/mol. The van der Waals surface area contributed by atoms with Crippen LogP contribution >= 0.6 is 0 Å². The van der Waals surface area contributed by atoms with Gasteiger partial charge in [-0.25, -0.2) is 0 Å². The van der Waals surface area contributed by atoms with Crippen molar-refractivity contribution in [3.8, 4) is 5.75 Å². The number of ether oxygens (including phenoxy) is 1. The molecule has 1 aromatic rings. The van der Waals surface area contributed by atoms with Gasteiger partial charge in [-0.1, -0.05) is 6.92 Å². The minimum absolute atomic E-state index is 0.0605. The maximum absolute atomic E-state index is 11.1. The van der Waals surface area contributed by atoms with E-state index in [1.165, 1.54) is 6.07 Å². The monoisotopic (exact) mass is 293 g/mol. The zero-order chi connectivity index (χ0) is 15.4. The van der Waals surface area contributed by atoms with Gasteiger partial charge in [-0.15, -0.1) is 0 Å². The van der Waals surface area contributed by atoms with Crippen molar-refractivity contribution < 1.29 is 9.66 Å². The number of anilines is 1.